The van der Waals surface area contributed by atoms with Crippen molar-refractivity contribution >= 4 is 11.8 Å². The Kier molecular flexibility index (Phi) is 4.35. The molecule has 1 N–H and O–H groups in total. The highest BCUT2D eigenvalue weighted by Gasteiger charge is 2.14. The average Bonchev–Trinajstić information content (AvgIpc) is 2.93. The van der Waals surface area contributed by atoms with Crippen LogP contribution in [0.15, 0.2) is 41.5 Å². The Morgan fingerprint density at radius 1 is 1.15 bits per heavy atom. The van der Waals surface area contributed by atoms with Crippen LogP contribution in [-0.4, -0.2) is 27.4 Å². The summed E-state index contributed by atoms with van der Waals surface area (Å²) >= 11 is 0. The second-order valence-corrected chi connectivity index (χ2v) is 4.18. The van der Waals surface area contributed by atoms with Gasteiger partial charge in [-0.3, -0.25) is 4.99 Å². The number of nitrogens with zero attached hydrogens (tertiary/aromatic N) is 3. The van der Waals surface area contributed by atoms with E-state index in [1.165, 1.54) is 0 Å². The van der Waals surface area contributed by atoms with Crippen LogP contribution in [0.4, 0.5) is 0 Å². The first-order chi connectivity index (χ1) is 9.78. The molecule has 0 radical (unpaired) electrons. The molecular weight excluding hydrogens is 250 g/mol. The van der Waals surface area contributed by atoms with Gasteiger partial charge in [0.2, 0.25) is 0 Å². The van der Waals surface area contributed by atoms with Gasteiger partial charge in [-0.1, -0.05) is 13.8 Å². The number of fused-ring (bicyclic) bond motifs is 1. The summed E-state index contributed by atoms with van der Waals surface area (Å²) in [5.41, 5.74) is 3.10. The van der Waals surface area contributed by atoms with Crippen molar-refractivity contribution in [2.45, 2.75) is 20.4 Å². The first-order valence-electron chi connectivity index (χ1n) is 6.76. The minimum Gasteiger partial charge on any atom is -0.508 e. The number of hydrogen-bond acceptors (Lipinski definition) is 3. The lowest BCUT2D eigenvalue weighted by Crippen LogP contribution is -2.14. The molecule has 0 atom stereocenters. The molecule has 0 spiro atoms. The van der Waals surface area contributed by atoms with E-state index >= 15 is 0 Å². The summed E-state index contributed by atoms with van der Waals surface area (Å²) in [6.07, 6.45) is 5.81. The molecule has 2 heterocycles. The van der Waals surface area contributed by atoms with Crippen molar-refractivity contribution < 1.29 is 5.11 Å². The average molecular weight is 269 g/mol. The highest BCUT2D eigenvalue weighted by molar-refractivity contribution is 5.99. The minimum atomic E-state index is 0.271. The third-order valence-electron chi connectivity index (χ3n) is 3.08. The summed E-state index contributed by atoms with van der Waals surface area (Å²) in [6.45, 7) is 4.73. The molecule has 0 fully saturated rings. The summed E-state index contributed by atoms with van der Waals surface area (Å²) in [4.78, 5) is 8.60. The second-order valence-electron chi connectivity index (χ2n) is 4.18. The summed E-state index contributed by atoms with van der Waals surface area (Å²) in [6, 6.07) is 7.15. The van der Waals surface area contributed by atoms with Gasteiger partial charge in [-0.2, -0.15) is 0 Å². The van der Waals surface area contributed by atoms with Crippen LogP contribution in [0.25, 0.3) is 17.3 Å². The van der Waals surface area contributed by atoms with E-state index in [0.29, 0.717) is 0 Å². The number of allylic oxidation sites excluding steroid dienone is 1. The standard InChI is InChI=1S/C14H13N3O.C2H6/c1-15-11-4-7-14-16-8-13(17(14)9-11)10-2-5-12(18)6-3-10;1-2/h2-8,18H,9H2,1H3;1-2H3. The molecule has 1 aliphatic heterocycles. The van der Waals surface area contributed by atoms with E-state index in [4.69, 9.17) is 0 Å². The molecule has 4 nitrogen and oxygen atoms in total. The van der Waals surface area contributed by atoms with Gasteiger partial charge in [-0.25, -0.2) is 4.98 Å². The third kappa shape index (κ3) is 2.64. The largest absolute Gasteiger partial charge is 0.508 e. The van der Waals surface area contributed by atoms with E-state index in [1.807, 2.05) is 44.3 Å². The fourth-order valence-corrected chi connectivity index (χ4v) is 2.08. The molecule has 4 heteroatoms. The molecule has 0 bridgehead atoms. The van der Waals surface area contributed by atoms with Gasteiger partial charge in [0.05, 0.1) is 24.1 Å². The van der Waals surface area contributed by atoms with Crippen molar-refractivity contribution in [1.82, 2.24) is 9.55 Å². The van der Waals surface area contributed by atoms with Crippen LogP contribution in [0, 0.1) is 0 Å². The normalized spacial score (nSPS) is 14.7. The number of hydrogen-bond donors (Lipinski definition) is 1. The van der Waals surface area contributed by atoms with E-state index in [-0.39, 0.29) is 5.75 Å². The Hall–Kier alpha value is -2.36. The fourth-order valence-electron chi connectivity index (χ4n) is 2.08. The molecule has 1 aromatic carbocycles. The van der Waals surface area contributed by atoms with E-state index in [0.717, 1.165) is 29.3 Å². The monoisotopic (exact) mass is 269 g/mol. The third-order valence-corrected chi connectivity index (χ3v) is 3.08. The van der Waals surface area contributed by atoms with Crippen molar-refractivity contribution in [1.29, 1.82) is 0 Å². The van der Waals surface area contributed by atoms with Crippen molar-refractivity contribution in [2.75, 3.05) is 7.05 Å². The zero-order chi connectivity index (χ0) is 14.5. The lowest BCUT2D eigenvalue weighted by Gasteiger charge is -2.14. The summed E-state index contributed by atoms with van der Waals surface area (Å²) in [7, 11) is 1.79. The number of benzene rings is 1. The van der Waals surface area contributed by atoms with E-state index in [2.05, 4.69) is 14.5 Å². The Morgan fingerprint density at radius 3 is 2.50 bits per heavy atom. The van der Waals surface area contributed by atoms with Gasteiger partial charge < -0.3 is 9.67 Å². The van der Waals surface area contributed by atoms with Crippen LogP contribution < -0.4 is 0 Å². The minimum absolute atomic E-state index is 0.271. The number of phenols is 1. The maximum atomic E-state index is 9.32. The number of aromatic nitrogens is 2. The Labute approximate surface area is 119 Å². The topological polar surface area (TPSA) is 50.4 Å². The fraction of sp³-hybridized carbons (Fsp3) is 0.250. The van der Waals surface area contributed by atoms with Crippen molar-refractivity contribution in [3.63, 3.8) is 0 Å². The number of imidazole rings is 1. The molecular formula is C16H19N3O. The molecule has 1 aromatic heterocycles. The second kappa shape index (κ2) is 6.19. The highest BCUT2D eigenvalue weighted by atomic mass is 16.3. The summed E-state index contributed by atoms with van der Waals surface area (Å²) in [5.74, 6) is 1.21. The smallest absolute Gasteiger partial charge is 0.133 e. The number of aromatic hydroxyl groups is 1. The van der Waals surface area contributed by atoms with Crippen LogP contribution in [-0.2, 0) is 6.54 Å². The Balaban J connectivity index is 0.000000704. The molecule has 0 aliphatic carbocycles. The van der Waals surface area contributed by atoms with Gasteiger partial charge in [0.15, 0.2) is 0 Å². The lowest BCUT2D eigenvalue weighted by atomic mass is 10.1. The first kappa shape index (κ1) is 14.1. The van der Waals surface area contributed by atoms with Gasteiger partial charge in [0.25, 0.3) is 0 Å². The molecule has 1 aliphatic rings. The van der Waals surface area contributed by atoms with Gasteiger partial charge in [-0.15, -0.1) is 0 Å². The zero-order valence-corrected chi connectivity index (χ0v) is 12.0. The van der Waals surface area contributed by atoms with Crippen molar-refractivity contribution in [2.24, 2.45) is 4.99 Å². The van der Waals surface area contributed by atoms with Crippen molar-refractivity contribution in [3.8, 4) is 17.0 Å². The Bertz CT molecular complexity index is 636. The summed E-state index contributed by atoms with van der Waals surface area (Å²) < 4.78 is 2.12. The van der Waals surface area contributed by atoms with E-state index in [9.17, 15) is 5.11 Å². The number of rotatable bonds is 1. The molecule has 0 saturated carbocycles. The quantitative estimate of drug-likeness (QED) is 0.862. The maximum Gasteiger partial charge on any atom is 0.133 e. The van der Waals surface area contributed by atoms with Crippen LogP contribution in [0.5, 0.6) is 5.75 Å². The SMILES string of the molecule is CC.CN=C1C=Cc2ncc(-c3ccc(O)cc3)n2C1. The zero-order valence-electron chi connectivity index (χ0n) is 12.0. The molecule has 0 saturated heterocycles. The first-order valence-corrected chi connectivity index (χ1v) is 6.76. The maximum absolute atomic E-state index is 9.32. The van der Waals surface area contributed by atoms with Gasteiger partial charge in [0, 0.05) is 12.6 Å². The molecule has 2 aromatic rings. The van der Waals surface area contributed by atoms with Crippen LogP contribution in [0.2, 0.25) is 0 Å². The van der Waals surface area contributed by atoms with E-state index < -0.39 is 0 Å². The molecule has 104 valence electrons. The summed E-state index contributed by atoms with van der Waals surface area (Å²) in [5, 5.41) is 9.32. The van der Waals surface area contributed by atoms with Crippen molar-refractivity contribution in [3.05, 3.63) is 42.4 Å². The predicted octanol–water partition coefficient (Wildman–Crippen LogP) is 3.38. The number of aliphatic imine (C=N–C) groups is 1. The lowest BCUT2D eigenvalue weighted by molar-refractivity contribution is 0.475. The molecule has 20 heavy (non-hydrogen) atoms. The van der Waals surface area contributed by atoms with E-state index in [1.54, 1.807) is 19.2 Å². The highest BCUT2D eigenvalue weighted by Crippen LogP contribution is 2.25. The van der Waals surface area contributed by atoms with Crippen LogP contribution >= 0.6 is 0 Å². The molecule has 3 rings (SSSR count). The van der Waals surface area contributed by atoms with Gasteiger partial charge >= 0.3 is 0 Å². The van der Waals surface area contributed by atoms with Crippen LogP contribution in [0.3, 0.4) is 0 Å². The van der Waals surface area contributed by atoms with Gasteiger partial charge in [0.1, 0.15) is 11.6 Å². The van der Waals surface area contributed by atoms with Crippen LogP contribution in [0.1, 0.15) is 19.7 Å². The molecule has 0 amide bonds. The molecule has 0 unspecified atom stereocenters. The van der Waals surface area contributed by atoms with Gasteiger partial charge in [-0.05, 0) is 36.4 Å². The predicted molar refractivity (Wildman–Crippen MR) is 83.1 cm³/mol. The number of phenolic OH excluding ortho intramolecular Hbond substituents is 1. The Morgan fingerprint density at radius 2 is 1.85 bits per heavy atom.